The van der Waals surface area contributed by atoms with Gasteiger partial charge in [0.15, 0.2) is 5.69 Å². The van der Waals surface area contributed by atoms with Crippen molar-refractivity contribution in [2.75, 3.05) is 12.3 Å². The molecule has 4 rings (SSSR count). The van der Waals surface area contributed by atoms with Crippen LogP contribution >= 0.6 is 0 Å². The van der Waals surface area contributed by atoms with Gasteiger partial charge in [-0.1, -0.05) is 23.8 Å². The third kappa shape index (κ3) is 4.69. The monoisotopic (exact) mass is 454 g/mol. The largest absolute Gasteiger partial charge is 0.378 e. The Labute approximate surface area is 187 Å². The van der Waals surface area contributed by atoms with E-state index in [0.29, 0.717) is 18.3 Å². The van der Waals surface area contributed by atoms with Gasteiger partial charge < -0.3 is 5.73 Å². The number of hydrogen-bond donors (Lipinski definition) is 2. The maximum atomic E-state index is 12.9. The van der Waals surface area contributed by atoms with Crippen molar-refractivity contribution >= 4 is 23.6 Å². The lowest BCUT2D eigenvalue weighted by Crippen LogP contribution is -2.38. The lowest BCUT2D eigenvalue weighted by Gasteiger charge is -2.33. The van der Waals surface area contributed by atoms with Gasteiger partial charge in [0, 0.05) is 18.7 Å². The summed E-state index contributed by atoms with van der Waals surface area (Å²) in [5.74, 6) is -0.496. The predicted molar refractivity (Wildman–Crippen MR) is 116 cm³/mol. The summed E-state index contributed by atoms with van der Waals surface area (Å²) in [7, 11) is 0. The number of nitrogens with one attached hydrogen (secondary N) is 1. The van der Waals surface area contributed by atoms with E-state index in [-0.39, 0.29) is 28.6 Å². The number of hydrogen-bond acceptors (Lipinski definition) is 11. The van der Waals surface area contributed by atoms with Crippen molar-refractivity contribution in [3.8, 4) is 5.82 Å². The van der Waals surface area contributed by atoms with Gasteiger partial charge in [-0.05, 0) is 42.7 Å². The number of nitrogen functional groups attached to an aromatic ring is 1. The topological polar surface area (TPSA) is 183 Å². The molecule has 33 heavy (non-hydrogen) atoms. The van der Waals surface area contributed by atoms with Crippen LogP contribution < -0.4 is 11.2 Å². The lowest BCUT2D eigenvalue weighted by molar-refractivity contribution is -0.385. The molecule has 1 aliphatic heterocycles. The van der Waals surface area contributed by atoms with E-state index < -0.39 is 10.8 Å². The first-order valence-electron chi connectivity index (χ1n) is 10.3. The average molecular weight is 454 g/mol. The second kappa shape index (κ2) is 9.52. The number of carbonyl (C=O) groups excluding carboxylic acids is 1. The molecule has 0 spiro atoms. The molecule has 1 amide bonds. The highest BCUT2D eigenvalue weighted by molar-refractivity contribution is 5.94. The van der Waals surface area contributed by atoms with Gasteiger partial charge in [0.2, 0.25) is 11.6 Å². The summed E-state index contributed by atoms with van der Waals surface area (Å²) in [6, 6.07) is 6.36. The van der Waals surface area contributed by atoms with E-state index in [0.717, 1.165) is 25.8 Å². The van der Waals surface area contributed by atoms with Gasteiger partial charge >= 0.3 is 0 Å². The molecular weight excluding hydrogens is 432 g/mol. The van der Waals surface area contributed by atoms with Crippen LogP contribution in [0.1, 0.15) is 47.9 Å². The predicted octanol–water partition coefficient (Wildman–Crippen LogP) is 1.28. The number of rotatable bonds is 7. The van der Waals surface area contributed by atoms with Crippen LogP contribution in [0.4, 0.5) is 11.5 Å². The molecule has 0 radical (unpaired) electrons. The van der Waals surface area contributed by atoms with Gasteiger partial charge in [0.25, 0.3) is 11.6 Å². The van der Waals surface area contributed by atoms with Crippen LogP contribution in [0.5, 0.6) is 0 Å². The molecule has 3 aromatic rings. The number of aromatic nitrogens is 5. The Bertz CT molecular complexity index is 1190. The molecule has 3 N–H and O–H groups in total. The van der Waals surface area contributed by atoms with Gasteiger partial charge in [0.1, 0.15) is 0 Å². The molecule has 0 aliphatic carbocycles. The van der Waals surface area contributed by atoms with Crippen molar-refractivity contribution in [2.24, 2.45) is 5.10 Å². The number of piperidine rings is 1. The molecule has 1 aromatic carbocycles. The normalized spacial score (nSPS) is 16.8. The maximum absolute atomic E-state index is 12.9. The Hall–Kier alpha value is -4.20. The number of nitro benzene ring substituents is 1. The van der Waals surface area contributed by atoms with Crippen LogP contribution in [0.25, 0.3) is 5.82 Å². The van der Waals surface area contributed by atoms with E-state index in [1.165, 1.54) is 23.0 Å². The van der Waals surface area contributed by atoms with E-state index in [1.54, 1.807) is 12.1 Å². The summed E-state index contributed by atoms with van der Waals surface area (Å²) in [5.41, 5.74) is 8.77. The van der Waals surface area contributed by atoms with Crippen molar-refractivity contribution < 1.29 is 14.3 Å². The minimum absolute atomic E-state index is 0.00853. The molecule has 1 atom stereocenters. The number of nitrogens with two attached hydrogens (primary N) is 1. The molecule has 14 heteroatoms. The molecular formula is C19H22N10O4. The van der Waals surface area contributed by atoms with Crippen LogP contribution in [0.2, 0.25) is 0 Å². The summed E-state index contributed by atoms with van der Waals surface area (Å²) >= 11 is 0. The number of para-hydroxylation sites is 1. The van der Waals surface area contributed by atoms with Crippen LogP contribution in [0, 0.1) is 10.1 Å². The zero-order valence-electron chi connectivity index (χ0n) is 17.8. The third-order valence-corrected chi connectivity index (χ3v) is 5.47. The van der Waals surface area contributed by atoms with Crippen molar-refractivity contribution in [1.82, 2.24) is 35.6 Å². The fourth-order valence-corrected chi connectivity index (χ4v) is 3.69. The number of benzene rings is 1. The SMILES string of the molecule is CC1CCCCN1Cc1c(C(=O)NN=Cc2ccccc2[N+](=O)[O-])nnn1-c1nonc1N. The van der Waals surface area contributed by atoms with Gasteiger partial charge in [0.05, 0.1) is 22.4 Å². The Balaban J connectivity index is 1.60. The van der Waals surface area contributed by atoms with E-state index in [1.807, 2.05) is 0 Å². The molecule has 2 aromatic heterocycles. The number of anilines is 1. The second-order valence-corrected chi connectivity index (χ2v) is 7.60. The highest BCUT2D eigenvalue weighted by Gasteiger charge is 2.28. The van der Waals surface area contributed by atoms with E-state index in [4.69, 9.17) is 5.73 Å². The number of nitrogens with zero attached hydrogens (tertiary/aromatic N) is 8. The molecule has 1 saturated heterocycles. The number of nitro groups is 1. The zero-order valence-corrected chi connectivity index (χ0v) is 17.8. The molecule has 1 fully saturated rings. The highest BCUT2D eigenvalue weighted by Crippen LogP contribution is 2.23. The van der Waals surface area contributed by atoms with Crippen LogP contribution in [0.15, 0.2) is 34.0 Å². The standard InChI is InChI=1S/C19H22N10O4/c1-12-6-4-5-9-27(12)11-15-16(22-26-28(15)18-17(20)24-33-25-18)19(30)23-21-10-13-7-2-3-8-14(13)29(31)32/h2-3,7-8,10,12H,4-6,9,11H2,1H3,(H2,20,24)(H,23,30). The Morgan fingerprint density at radius 3 is 2.94 bits per heavy atom. The van der Waals surface area contributed by atoms with Crippen molar-refractivity contribution in [1.29, 1.82) is 0 Å². The minimum Gasteiger partial charge on any atom is -0.378 e. The highest BCUT2D eigenvalue weighted by atomic mass is 16.6. The number of hydrazone groups is 1. The average Bonchev–Trinajstić information content (AvgIpc) is 3.41. The van der Waals surface area contributed by atoms with Gasteiger partial charge in [-0.15, -0.1) is 5.10 Å². The van der Waals surface area contributed by atoms with Crippen molar-refractivity contribution in [2.45, 2.75) is 38.8 Å². The van der Waals surface area contributed by atoms with E-state index >= 15 is 0 Å². The number of likely N-dealkylation sites (tertiary alicyclic amines) is 1. The summed E-state index contributed by atoms with van der Waals surface area (Å²) in [4.78, 5) is 25.7. The zero-order chi connectivity index (χ0) is 23.4. The van der Waals surface area contributed by atoms with Crippen LogP contribution in [-0.2, 0) is 6.54 Å². The molecule has 172 valence electrons. The first kappa shape index (κ1) is 22.0. The molecule has 0 bridgehead atoms. The smallest absolute Gasteiger partial charge is 0.293 e. The fraction of sp³-hybridized carbons (Fsp3) is 0.368. The summed E-state index contributed by atoms with van der Waals surface area (Å²) in [6.07, 6.45) is 4.42. The van der Waals surface area contributed by atoms with Crippen molar-refractivity contribution in [3.63, 3.8) is 0 Å². The maximum Gasteiger partial charge on any atom is 0.293 e. The minimum atomic E-state index is -0.634. The number of amides is 1. The summed E-state index contributed by atoms with van der Waals surface area (Å²) in [5, 5.41) is 30.4. The van der Waals surface area contributed by atoms with Crippen molar-refractivity contribution in [3.05, 3.63) is 51.3 Å². The lowest BCUT2D eigenvalue weighted by atomic mass is 10.0. The third-order valence-electron chi connectivity index (χ3n) is 5.47. The van der Waals surface area contributed by atoms with E-state index in [9.17, 15) is 14.9 Å². The Morgan fingerprint density at radius 2 is 2.21 bits per heavy atom. The van der Waals surface area contributed by atoms with Crippen LogP contribution in [-0.4, -0.2) is 59.8 Å². The van der Waals surface area contributed by atoms with Gasteiger partial charge in [-0.25, -0.2) is 10.1 Å². The molecule has 1 aliphatic rings. The number of carbonyl (C=O) groups is 1. The Morgan fingerprint density at radius 1 is 1.39 bits per heavy atom. The molecule has 3 heterocycles. The van der Waals surface area contributed by atoms with Gasteiger partial charge in [-0.3, -0.25) is 19.8 Å². The van der Waals surface area contributed by atoms with Crippen LogP contribution in [0.3, 0.4) is 0 Å². The van der Waals surface area contributed by atoms with Gasteiger partial charge in [-0.2, -0.15) is 9.78 Å². The molecule has 0 saturated carbocycles. The van der Waals surface area contributed by atoms with E-state index in [2.05, 4.69) is 47.6 Å². The molecule has 1 unspecified atom stereocenters. The summed E-state index contributed by atoms with van der Waals surface area (Å²) < 4.78 is 6.00. The Kier molecular flexibility index (Phi) is 6.35. The quantitative estimate of drug-likeness (QED) is 0.299. The first-order valence-corrected chi connectivity index (χ1v) is 10.3. The first-order chi connectivity index (χ1) is 16.0. The molecule has 14 nitrogen and oxygen atoms in total. The fourth-order valence-electron chi connectivity index (χ4n) is 3.69. The summed E-state index contributed by atoms with van der Waals surface area (Å²) in [6.45, 7) is 3.35. The second-order valence-electron chi connectivity index (χ2n) is 7.60.